The summed E-state index contributed by atoms with van der Waals surface area (Å²) in [4.78, 5) is 10.3. The number of hydrogen-bond acceptors (Lipinski definition) is 4. The second-order valence-electron chi connectivity index (χ2n) is 2.40. The van der Waals surface area contributed by atoms with Crippen LogP contribution in [0.2, 0.25) is 0 Å². The van der Waals surface area contributed by atoms with Crippen LogP contribution in [0.5, 0.6) is 0 Å². The molecular weight excluding hydrogens is 260 g/mol. The Morgan fingerprint density at radius 1 is 1.46 bits per heavy atom. The predicted octanol–water partition coefficient (Wildman–Crippen LogP) is 0.990. The van der Waals surface area contributed by atoms with E-state index < -0.39 is 18.2 Å². The van der Waals surface area contributed by atoms with Gasteiger partial charge in [-0.25, -0.2) is 4.79 Å². The summed E-state index contributed by atoms with van der Waals surface area (Å²) in [7, 11) is 0. The van der Waals surface area contributed by atoms with Crippen LogP contribution in [0.3, 0.4) is 0 Å². The smallest absolute Gasteiger partial charge is 0.335 e. The average Bonchev–Trinajstić information content (AvgIpc) is 2.48. The highest BCUT2D eigenvalue weighted by Crippen LogP contribution is 2.29. The molecule has 0 aliphatic heterocycles. The predicted molar refractivity (Wildman–Crippen MR) is 50.6 cm³/mol. The van der Waals surface area contributed by atoms with Crippen molar-refractivity contribution in [2.75, 3.05) is 0 Å². The van der Waals surface area contributed by atoms with Crippen LogP contribution in [-0.4, -0.2) is 27.4 Å². The Morgan fingerprint density at radius 3 is 2.46 bits per heavy atom. The fourth-order valence-corrected chi connectivity index (χ4v) is 2.37. The third-order valence-corrected chi connectivity index (χ3v) is 3.26. The maximum Gasteiger partial charge on any atom is 0.335 e. The highest BCUT2D eigenvalue weighted by Gasteiger charge is 2.26. The van der Waals surface area contributed by atoms with Gasteiger partial charge in [0, 0.05) is 15.4 Å². The van der Waals surface area contributed by atoms with Crippen LogP contribution >= 0.6 is 27.3 Å². The first-order valence-electron chi connectivity index (χ1n) is 3.34. The first-order valence-corrected chi connectivity index (χ1v) is 5.08. The minimum absolute atomic E-state index is 0.389. The van der Waals surface area contributed by atoms with Crippen molar-refractivity contribution in [3.63, 3.8) is 0 Å². The van der Waals surface area contributed by atoms with Crippen molar-refractivity contribution in [2.24, 2.45) is 0 Å². The summed E-state index contributed by atoms with van der Waals surface area (Å²) in [5, 5.41) is 30.1. The molecule has 0 aliphatic carbocycles. The van der Waals surface area contributed by atoms with Gasteiger partial charge in [0.25, 0.3) is 0 Å². The lowest BCUT2D eigenvalue weighted by atomic mass is 10.1. The summed E-state index contributed by atoms with van der Waals surface area (Å²) in [5.41, 5.74) is 0.389. The second-order valence-corrected chi connectivity index (χ2v) is 4.00. The van der Waals surface area contributed by atoms with Gasteiger partial charge < -0.3 is 15.3 Å². The molecule has 1 aromatic heterocycles. The maximum absolute atomic E-state index is 10.3. The van der Waals surface area contributed by atoms with Crippen molar-refractivity contribution in [3.8, 4) is 0 Å². The Balaban J connectivity index is 2.85. The van der Waals surface area contributed by atoms with E-state index >= 15 is 0 Å². The Kier molecular flexibility index (Phi) is 3.43. The first-order chi connectivity index (χ1) is 6.04. The molecule has 0 aromatic carbocycles. The van der Waals surface area contributed by atoms with Gasteiger partial charge in [-0.3, -0.25) is 0 Å². The van der Waals surface area contributed by atoms with Crippen LogP contribution in [0.25, 0.3) is 0 Å². The summed E-state index contributed by atoms with van der Waals surface area (Å²) < 4.78 is 0.602. The normalized spacial score (nSPS) is 15.3. The number of aliphatic hydroxyl groups excluding tert-OH is 2. The number of carboxylic acid groups (broad SMARTS) is 1. The van der Waals surface area contributed by atoms with Crippen LogP contribution in [0, 0.1) is 0 Å². The van der Waals surface area contributed by atoms with E-state index in [1.54, 1.807) is 10.8 Å². The molecule has 2 unspecified atom stereocenters. The molecule has 2 atom stereocenters. The van der Waals surface area contributed by atoms with E-state index in [2.05, 4.69) is 15.9 Å². The SMILES string of the molecule is O=C(O)C(O)C(O)c1cscc1Br. The molecule has 0 fully saturated rings. The summed E-state index contributed by atoms with van der Waals surface area (Å²) in [6, 6.07) is 0. The van der Waals surface area contributed by atoms with E-state index in [-0.39, 0.29) is 0 Å². The van der Waals surface area contributed by atoms with E-state index in [1.165, 1.54) is 11.3 Å². The van der Waals surface area contributed by atoms with Gasteiger partial charge in [0.05, 0.1) is 0 Å². The van der Waals surface area contributed by atoms with Gasteiger partial charge in [-0.2, -0.15) is 11.3 Å². The van der Waals surface area contributed by atoms with Gasteiger partial charge >= 0.3 is 5.97 Å². The summed E-state index contributed by atoms with van der Waals surface area (Å²) in [6.07, 6.45) is -3.18. The number of halogens is 1. The Bertz CT molecular complexity index is 311. The third kappa shape index (κ3) is 2.28. The highest BCUT2D eigenvalue weighted by molar-refractivity contribution is 9.10. The quantitative estimate of drug-likeness (QED) is 0.763. The topological polar surface area (TPSA) is 77.8 Å². The van der Waals surface area contributed by atoms with Crippen molar-refractivity contribution >= 4 is 33.2 Å². The van der Waals surface area contributed by atoms with E-state index in [9.17, 15) is 9.90 Å². The molecule has 0 aliphatic rings. The zero-order valence-electron chi connectivity index (χ0n) is 6.35. The maximum atomic E-state index is 10.3. The fourth-order valence-electron chi connectivity index (χ4n) is 0.808. The molecule has 0 saturated heterocycles. The molecule has 3 N–H and O–H groups in total. The second kappa shape index (κ2) is 4.19. The molecule has 0 amide bonds. The van der Waals surface area contributed by atoms with Gasteiger partial charge in [-0.15, -0.1) is 0 Å². The largest absolute Gasteiger partial charge is 0.479 e. The highest BCUT2D eigenvalue weighted by atomic mass is 79.9. The zero-order valence-corrected chi connectivity index (χ0v) is 8.75. The van der Waals surface area contributed by atoms with Crippen LogP contribution in [0.15, 0.2) is 15.2 Å². The minimum atomic E-state index is -1.79. The molecule has 6 heteroatoms. The number of carboxylic acids is 1. The van der Waals surface area contributed by atoms with Crippen LogP contribution in [0.4, 0.5) is 0 Å². The molecule has 0 saturated carbocycles. The van der Waals surface area contributed by atoms with Crippen LogP contribution < -0.4 is 0 Å². The lowest BCUT2D eigenvalue weighted by Crippen LogP contribution is -2.27. The number of hydrogen-bond donors (Lipinski definition) is 3. The van der Waals surface area contributed by atoms with Gasteiger partial charge in [0.2, 0.25) is 0 Å². The van der Waals surface area contributed by atoms with Crippen molar-refractivity contribution in [3.05, 3.63) is 20.8 Å². The average molecular weight is 267 g/mol. The van der Waals surface area contributed by atoms with E-state index in [4.69, 9.17) is 10.2 Å². The number of aliphatic hydroxyl groups is 2. The van der Waals surface area contributed by atoms with E-state index in [0.717, 1.165) is 0 Å². The van der Waals surface area contributed by atoms with Gasteiger partial charge in [0.15, 0.2) is 6.10 Å². The lowest BCUT2D eigenvalue weighted by molar-refractivity contribution is -0.153. The lowest BCUT2D eigenvalue weighted by Gasteiger charge is -2.12. The summed E-state index contributed by atoms with van der Waals surface area (Å²) in [6.45, 7) is 0. The molecule has 72 valence electrons. The van der Waals surface area contributed by atoms with E-state index in [1.807, 2.05) is 0 Å². The minimum Gasteiger partial charge on any atom is -0.479 e. The van der Waals surface area contributed by atoms with Gasteiger partial charge in [-0.05, 0) is 21.3 Å². The van der Waals surface area contributed by atoms with Crippen molar-refractivity contribution < 1.29 is 20.1 Å². The summed E-state index contributed by atoms with van der Waals surface area (Å²) in [5.74, 6) is -1.44. The number of carbonyl (C=O) groups is 1. The van der Waals surface area contributed by atoms with Crippen LogP contribution in [-0.2, 0) is 4.79 Å². The fraction of sp³-hybridized carbons (Fsp3) is 0.286. The molecule has 1 heterocycles. The van der Waals surface area contributed by atoms with Gasteiger partial charge in [0.1, 0.15) is 6.10 Å². The van der Waals surface area contributed by atoms with E-state index in [0.29, 0.717) is 10.0 Å². The molecule has 0 spiro atoms. The monoisotopic (exact) mass is 266 g/mol. The van der Waals surface area contributed by atoms with Crippen molar-refractivity contribution in [1.82, 2.24) is 0 Å². The van der Waals surface area contributed by atoms with Crippen molar-refractivity contribution in [1.29, 1.82) is 0 Å². The third-order valence-electron chi connectivity index (χ3n) is 1.51. The molecule has 13 heavy (non-hydrogen) atoms. The number of aliphatic carboxylic acids is 1. The molecule has 4 nitrogen and oxygen atoms in total. The Hall–Kier alpha value is -0.430. The molecule has 1 aromatic rings. The standard InChI is InChI=1S/C7H7BrO4S/c8-4-2-13-1-3(4)5(9)6(10)7(11)12/h1-2,5-6,9-10H,(H,11,12). The van der Waals surface area contributed by atoms with Gasteiger partial charge in [-0.1, -0.05) is 0 Å². The molecule has 0 bridgehead atoms. The molecular formula is C7H7BrO4S. The number of rotatable bonds is 3. The zero-order chi connectivity index (χ0) is 10.0. The van der Waals surface area contributed by atoms with Crippen molar-refractivity contribution in [2.45, 2.75) is 12.2 Å². The summed E-state index contributed by atoms with van der Waals surface area (Å²) >= 11 is 4.44. The first kappa shape index (κ1) is 10.6. The Labute approximate surface area is 86.6 Å². The Morgan fingerprint density at radius 2 is 2.08 bits per heavy atom. The number of thiophene rings is 1. The van der Waals surface area contributed by atoms with Crippen LogP contribution in [0.1, 0.15) is 11.7 Å². The molecule has 1 rings (SSSR count). The molecule has 0 radical (unpaired) electrons.